The molecule has 184 valence electrons. The van der Waals surface area contributed by atoms with E-state index in [-0.39, 0.29) is 12.2 Å². The monoisotopic (exact) mass is 490 g/mol. The Morgan fingerprint density at radius 2 is 1.97 bits per heavy atom. The molecule has 0 spiro atoms. The highest BCUT2D eigenvalue weighted by atomic mass is 32.2. The molecule has 34 heavy (non-hydrogen) atoms. The molecule has 1 atom stereocenters. The van der Waals surface area contributed by atoms with Crippen LogP contribution in [0.5, 0.6) is 5.75 Å². The van der Waals surface area contributed by atoms with Crippen molar-refractivity contribution >= 4 is 26.8 Å². The topological polar surface area (TPSA) is 107 Å². The van der Waals surface area contributed by atoms with Gasteiger partial charge < -0.3 is 20.1 Å². The molecule has 0 saturated carbocycles. The van der Waals surface area contributed by atoms with Gasteiger partial charge in [-0.3, -0.25) is 4.72 Å². The Kier molecular flexibility index (Phi) is 7.42. The van der Waals surface area contributed by atoms with Crippen LogP contribution in [0.25, 0.3) is 10.9 Å². The van der Waals surface area contributed by atoms with Gasteiger partial charge in [-0.1, -0.05) is 6.07 Å². The molecule has 0 bridgehead atoms. The summed E-state index contributed by atoms with van der Waals surface area (Å²) in [4.78, 5) is 3.52. The number of benzene rings is 2. The lowest BCUT2D eigenvalue weighted by Crippen LogP contribution is -2.29. The number of hydrogen-bond acceptors (Lipinski definition) is 5. The number of aliphatic hydroxyl groups is 1. The number of fused-ring (bicyclic) bond motifs is 3. The highest BCUT2D eigenvalue weighted by Gasteiger charge is 2.18. The van der Waals surface area contributed by atoms with E-state index < -0.39 is 22.1 Å². The summed E-state index contributed by atoms with van der Waals surface area (Å²) in [6, 6.07) is 9.97. The lowest BCUT2D eigenvalue weighted by molar-refractivity contribution is 0.172. The number of nitrogens with zero attached hydrogens (tertiary/aromatic N) is 1. The van der Waals surface area contributed by atoms with Crippen LogP contribution in [0, 0.1) is 5.82 Å². The highest BCUT2D eigenvalue weighted by molar-refractivity contribution is 7.90. The maximum Gasteiger partial charge on any atom is 0.301 e. The summed E-state index contributed by atoms with van der Waals surface area (Å²) in [7, 11) is -1.17. The minimum atomic E-state index is -3.85. The summed E-state index contributed by atoms with van der Waals surface area (Å²) in [5.41, 5.74) is 4.06. The van der Waals surface area contributed by atoms with Crippen LogP contribution in [0.3, 0.4) is 0 Å². The number of hydrogen-bond donors (Lipinski definition) is 4. The van der Waals surface area contributed by atoms with Gasteiger partial charge in [0.05, 0.1) is 11.8 Å². The average Bonchev–Trinajstić information content (AvgIpc) is 3.17. The first-order chi connectivity index (χ1) is 16.2. The Morgan fingerprint density at radius 1 is 1.18 bits per heavy atom. The van der Waals surface area contributed by atoms with Crippen LogP contribution in [0.1, 0.15) is 35.8 Å². The molecule has 0 aliphatic heterocycles. The zero-order chi connectivity index (χ0) is 24.3. The third kappa shape index (κ3) is 5.52. The molecular weight excluding hydrogens is 459 g/mol. The van der Waals surface area contributed by atoms with Crippen molar-refractivity contribution in [3.8, 4) is 5.75 Å². The molecule has 1 heterocycles. The molecule has 1 aliphatic rings. The predicted molar refractivity (Wildman–Crippen MR) is 131 cm³/mol. The zero-order valence-corrected chi connectivity index (χ0v) is 20.2. The number of aliphatic hydroxyl groups excluding tert-OH is 1. The molecular formula is C24H31FN4O4S. The third-order valence-electron chi connectivity index (χ3n) is 6.05. The Hall–Kier alpha value is -2.66. The number of ether oxygens (including phenoxy) is 1. The normalized spacial score (nSPS) is 14.9. The minimum Gasteiger partial charge on any atom is -0.492 e. The molecule has 0 fully saturated rings. The van der Waals surface area contributed by atoms with Crippen molar-refractivity contribution in [3.63, 3.8) is 0 Å². The molecule has 1 unspecified atom stereocenters. The van der Waals surface area contributed by atoms with Gasteiger partial charge in [-0.15, -0.1) is 0 Å². The summed E-state index contributed by atoms with van der Waals surface area (Å²) in [6.45, 7) is 1.12. The van der Waals surface area contributed by atoms with Crippen molar-refractivity contribution in [1.29, 1.82) is 0 Å². The van der Waals surface area contributed by atoms with Gasteiger partial charge in [0.1, 0.15) is 18.2 Å². The quantitative estimate of drug-likeness (QED) is 0.327. The van der Waals surface area contributed by atoms with E-state index in [1.165, 1.54) is 55.7 Å². The van der Waals surface area contributed by atoms with Crippen LogP contribution in [-0.4, -0.2) is 56.6 Å². The first kappa shape index (κ1) is 24.5. The minimum absolute atomic E-state index is 0.206. The number of halogens is 1. The maximum absolute atomic E-state index is 14.0. The lowest BCUT2D eigenvalue weighted by Gasteiger charge is -2.17. The number of H-pyrrole nitrogens is 1. The fourth-order valence-electron chi connectivity index (χ4n) is 4.14. The molecule has 3 aromatic rings. The van der Waals surface area contributed by atoms with E-state index in [1.807, 2.05) is 12.1 Å². The highest BCUT2D eigenvalue weighted by Crippen LogP contribution is 2.31. The van der Waals surface area contributed by atoms with Crippen molar-refractivity contribution in [2.45, 2.75) is 31.8 Å². The van der Waals surface area contributed by atoms with E-state index in [0.717, 1.165) is 34.5 Å². The van der Waals surface area contributed by atoms with Crippen molar-refractivity contribution in [2.24, 2.45) is 0 Å². The lowest BCUT2D eigenvalue weighted by atomic mass is 9.96. The van der Waals surface area contributed by atoms with Gasteiger partial charge in [0, 0.05) is 49.8 Å². The van der Waals surface area contributed by atoms with Crippen LogP contribution in [0.15, 0.2) is 36.4 Å². The first-order valence-electron chi connectivity index (χ1n) is 11.4. The van der Waals surface area contributed by atoms with Crippen molar-refractivity contribution in [1.82, 2.24) is 14.6 Å². The summed E-state index contributed by atoms with van der Waals surface area (Å²) in [6.07, 6.45) is 3.75. The Labute approximate surface area is 199 Å². The molecule has 4 rings (SSSR count). The van der Waals surface area contributed by atoms with Crippen LogP contribution >= 0.6 is 0 Å². The maximum atomic E-state index is 14.0. The van der Waals surface area contributed by atoms with Gasteiger partial charge in [-0.25, -0.2) is 4.39 Å². The van der Waals surface area contributed by atoms with Gasteiger partial charge in [0.25, 0.3) is 0 Å². The van der Waals surface area contributed by atoms with E-state index in [4.69, 9.17) is 4.74 Å². The molecule has 4 N–H and O–H groups in total. The molecule has 2 aromatic carbocycles. The molecule has 0 radical (unpaired) electrons. The SMILES string of the molecule is CN(C)S(=O)(=O)Nc1cc(C(O)CNCCOc2ccc3c4c([nH]c3c2)CCCC4)ccc1F. The number of aromatic nitrogens is 1. The van der Waals surface area contributed by atoms with Crippen LogP contribution in [0.4, 0.5) is 10.1 Å². The van der Waals surface area contributed by atoms with E-state index in [1.54, 1.807) is 0 Å². The second kappa shape index (κ2) is 10.3. The van der Waals surface area contributed by atoms with Gasteiger partial charge in [-0.2, -0.15) is 12.7 Å². The van der Waals surface area contributed by atoms with Gasteiger partial charge >= 0.3 is 10.2 Å². The van der Waals surface area contributed by atoms with Gasteiger partial charge in [0.2, 0.25) is 0 Å². The van der Waals surface area contributed by atoms with Crippen LogP contribution in [0.2, 0.25) is 0 Å². The fraction of sp³-hybridized carbons (Fsp3) is 0.417. The Balaban J connectivity index is 1.27. The number of nitrogens with one attached hydrogen (secondary N) is 3. The second-order valence-corrected chi connectivity index (χ2v) is 10.6. The molecule has 1 aromatic heterocycles. The summed E-state index contributed by atoms with van der Waals surface area (Å²) >= 11 is 0. The van der Waals surface area contributed by atoms with E-state index in [0.29, 0.717) is 18.7 Å². The Morgan fingerprint density at radius 3 is 2.76 bits per heavy atom. The smallest absolute Gasteiger partial charge is 0.301 e. The van der Waals surface area contributed by atoms with E-state index in [9.17, 15) is 17.9 Å². The molecule has 1 aliphatic carbocycles. The molecule has 0 amide bonds. The van der Waals surface area contributed by atoms with Crippen molar-refractivity contribution < 1.29 is 22.7 Å². The summed E-state index contributed by atoms with van der Waals surface area (Å²) in [5.74, 6) is 0.0624. The van der Waals surface area contributed by atoms with Crippen molar-refractivity contribution in [3.05, 3.63) is 59.0 Å². The van der Waals surface area contributed by atoms with Gasteiger partial charge in [0.15, 0.2) is 0 Å². The third-order valence-corrected chi connectivity index (χ3v) is 7.49. The van der Waals surface area contributed by atoms with Gasteiger partial charge in [-0.05, 0) is 61.1 Å². The molecule has 10 heteroatoms. The summed E-state index contributed by atoms with van der Waals surface area (Å²) in [5, 5.41) is 14.8. The Bertz CT molecular complexity index is 1260. The average molecular weight is 491 g/mol. The van der Waals surface area contributed by atoms with E-state index >= 15 is 0 Å². The number of aryl methyl sites for hydroxylation is 2. The van der Waals surface area contributed by atoms with Crippen LogP contribution < -0.4 is 14.8 Å². The summed E-state index contributed by atoms with van der Waals surface area (Å²) < 4.78 is 47.0. The number of rotatable bonds is 10. The number of aromatic amines is 1. The molecule has 0 saturated heterocycles. The van der Waals surface area contributed by atoms with Crippen molar-refractivity contribution in [2.75, 3.05) is 38.5 Å². The second-order valence-electron chi connectivity index (χ2n) is 8.69. The number of anilines is 1. The predicted octanol–water partition coefficient (Wildman–Crippen LogP) is 3.11. The first-order valence-corrected chi connectivity index (χ1v) is 12.8. The van der Waals surface area contributed by atoms with Crippen LogP contribution in [-0.2, 0) is 23.1 Å². The standard InChI is InChI=1S/C24H31FN4O4S/c1-29(2)34(31,32)28-23-13-16(7-10-20(23)25)24(30)15-26-11-12-33-17-8-9-19-18-5-3-4-6-21(18)27-22(19)14-17/h7-10,13-14,24,26-28,30H,3-6,11-12,15H2,1-2H3. The molecule has 8 nitrogen and oxygen atoms in total. The van der Waals surface area contributed by atoms with E-state index in [2.05, 4.69) is 21.1 Å². The zero-order valence-electron chi connectivity index (χ0n) is 19.4. The fourth-order valence-corrected chi connectivity index (χ4v) is 4.76. The largest absolute Gasteiger partial charge is 0.492 e.